The van der Waals surface area contributed by atoms with Gasteiger partial charge in [0.1, 0.15) is 0 Å². The summed E-state index contributed by atoms with van der Waals surface area (Å²) in [6.45, 7) is 3.52. The van der Waals surface area contributed by atoms with Crippen molar-refractivity contribution in [3.63, 3.8) is 0 Å². The summed E-state index contributed by atoms with van der Waals surface area (Å²) in [5.74, 6) is 0.130. The lowest BCUT2D eigenvalue weighted by atomic mass is 9.98. The number of hydrogen-bond donors (Lipinski definition) is 1. The molecule has 1 aromatic carbocycles. The molecule has 1 fully saturated rings. The third-order valence-corrected chi connectivity index (χ3v) is 4.40. The fraction of sp³-hybridized carbons (Fsp3) is 0.533. The molecule has 1 aliphatic heterocycles. The number of piperidine rings is 1. The van der Waals surface area contributed by atoms with Crippen LogP contribution >= 0.6 is 28.3 Å². The van der Waals surface area contributed by atoms with E-state index in [1.165, 1.54) is 6.42 Å². The van der Waals surface area contributed by atoms with Crippen LogP contribution in [0.25, 0.3) is 0 Å². The van der Waals surface area contributed by atoms with Gasteiger partial charge in [0.05, 0.1) is 5.56 Å². The first-order chi connectivity index (χ1) is 9.13. The lowest BCUT2D eigenvalue weighted by Gasteiger charge is -2.36. The fourth-order valence-electron chi connectivity index (χ4n) is 2.71. The van der Waals surface area contributed by atoms with Gasteiger partial charge in [0.2, 0.25) is 0 Å². The Morgan fingerprint density at radius 2 is 2.20 bits per heavy atom. The van der Waals surface area contributed by atoms with E-state index in [9.17, 15) is 4.79 Å². The Bertz CT molecular complexity index is 465. The lowest BCUT2D eigenvalue weighted by Crippen LogP contribution is -2.44. The number of nitrogens with two attached hydrogens (primary N) is 1. The highest BCUT2D eigenvalue weighted by molar-refractivity contribution is 9.10. The van der Waals surface area contributed by atoms with Crippen molar-refractivity contribution < 1.29 is 4.79 Å². The molecule has 2 N–H and O–H groups in total. The minimum atomic E-state index is 0. The molecule has 3 nitrogen and oxygen atoms in total. The highest BCUT2D eigenvalue weighted by Gasteiger charge is 2.27. The van der Waals surface area contributed by atoms with Gasteiger partial charge in [-0.05, 0) is 72.8 Å². The average Bonchev–Trinajstić information content (AvgIpc) is 2.39. The summed E-state index contributed by atoms with van der Waals surface area (Å²) in [6.07, 6.45) is 4.27. The number of carbonyl (C=O) groups is 1. The highest BCUT2D eigenvalue weighted by atomic mass is 79.9. The standard InChI is InChI=1S/C15H21BrN2O.ClH/c1-11-5-6-13(14(16)10-11)15(19)18-9-3-2-4-12(18)7-8-17;/h5-6,10,12H,2-4,7-9,17H2,1H3;1H. The molecule has 20 heavy (non-hydrogen) atoms. The van der Waals surface area contributed by atoms with Crippen molar-refractivity contribution in [1.29, 1.82) is 0 Å². The number of nitrogens with zero attached hydrogens (tertiary/aromatic N) is 1. The van der Waals surface area contributed by atoms with Crippen molar-refractivity contribution in [1.82, 2.24) is 4.90 Å². The summed E-state index contributed by atoms with van der Waals surface area (Å²) < 4.78 is 0.884. The number of aryl methyl sites for hydroxylation is 1. The summed E-state index contributed by atoms with van der Waals surface area (Å²) in [6, 6.07) is 6.20. The van der Waals surface area contributed by atoms with Gasteiger partial charge in [0.15, 0.2) is 0 Å². The molecule has 1 atom stereocenters. The van der Waals surface area contributed by atoms with Crippen LogP contribution in [0.5, 0.6) is 0 Å². The van der Waals surface area contributed by atoms with Crippen molar-refractivity contribution in [2.24, 2.45) is 5.73 Å². The minimum Gasteiger partial charge on any atom is -0.336 e. The summed E-state index contributed by atoms with van der Waals surface area (Å²) in [5, 5.41) is 0. The molecule has 0 radical (unpaired) electrons. The molecule has 5 heteroatoms. The van der Waals surface area contributed by atoms with Crippen LogP contribution in [0.4, 0.5) is 0 Å². The van der Waals surface area contributed by atoms with Crippen molar-refractivity contribution in [2.45, 2.75) is 38.6 Å². The van der Waals surface area contributed by atoms with Crippen LogP contribution in [0.15, 0.2) is 22.7 Å². The summed E-state index contributed by atoms with van der Waals surface area (Å²) in [4.78, 5) is 14.7. The van der Waals surface area contributed by atoms with Gasteiger partial charge in [0, 0.05) is 17.1 Å². The molecular formula is C15H22BrClN2O. The second-order valence-corrected chi connectivity index (χ2v) is 6.06. The number of carbonyl (C=O) groups excluding carboxylic acids is 1. The molecule has 1 amide bonds. The monoisotopic (exact) mass is 360 g/mol. The topological polar surface area (TPSA) is 46.3 Å². The SMILES string of the molecule is Cc1ccc(C(=O)N2CCCCC2CCN)c(Br)c1.Cl. The number of hydrogen-bond acceptors (Lipinski definition) is 2. The third kappa shape index (κ3) is 3.96. The van der Waals surface area contributed by atoms with Crippen molar-refractivity contribution in [2.75, 3.05) is 13.1 Å². The normalized spacial score (nSPS) is 18.6. The minimum absolute atomic E-state index is 0. The van der Waals surface area contributed by atoms with Crippen molar-refractivity contribution in [3.8, 4) is 0 Å². The van der Waals surface area contributed by atoms with Crippen LogP contribution in [0.1, 0.15) is 41.6 Å². The first kappa shape index (κ1) is 17.5. The van der Waals surface area contributed by atoms with E-state index in [0.29, 0.717) is 12.6 Å². The zero-order valence-corrected chi connectivity index (χ0v) is 14.2. The number of amides is 1. The Balaban J connectivity index is 0.00000200. The molecular weight excluding hydrogens is 340 g/mol. The Hall–Kier alpha value is -0.580. The Morgan fingerprint density at radius 3 is 2.85 bits per heavy atom. The van der Waals surface area contributed by atoms with Crippen LogP contribution in [-0.4, -0.2) is 29.9 Å². The van der Waals surface area contributed by atoms with E-state index in [1.54, 1.807) is 0 Å². The van der Waals surface area contributed by atoms with E-state index in [4.69, 9.17) is 5.73 Å². The van der Waals surface area contributed by atoms with Gasteiger partial charge < -0.3 is 10.6 Å². The van der Waals surface area contributed by atoms with E-state index in [2.05, 4.69) is 15.9 Å². The molecule has 0 aliphatic carbocycles. The van der Waals surface area contributed by atoms with Crippen molar-refractivity contribution >= 4 is 34.2 Å². The summed E-state index contributed by atoms with van der Waals surface area (Å²) in [5.41, 5.74) is 7.58. The molecule has 0 saturated carbocycles. The number of benzene rings is 1. The molecule has 1 heterocycles. The van der Waals surface area contributed by atoms with Gasteiger partial charge in [-0.2, -0.15) is 0 Å². The summed E-state index contributed by atoms with van der Waals surface area (Å²) >= 11 is 3.50. The predicted molar refractivity (Wildman–Crippen MR) is 88.5 cm³/mol. The van der Waals surface area contributed by atoms with E-state index >= 15 is 0 Å². The van der Waals surface area contributed by atoms with E-state index in [0.717, 1.165) is 41.4 Å². The first-order valence-corrected chi connectivity index (χ1v) is 7.70. The summed E-state index contributed by atoms with van der Waals surface area (Å²) in [7, 11) is 0. The highest BCUT2D eigenvalue weighted by Crippen LogP contribution is 2.25. The molecule has 0 aromatic heterocycles. The second-order valence-electron chi connectivity index (χ2n) is 5.21. The van der Waals surface area contributed by atoms with Crippen LogP contribution < -0.4 is 5.73 Å². The smallest absolute Gasteiger partial charge is 0.255 e. The van der Waals surface area contributed by atoms with E-state index in [-0.39, 0.29) is 18.3 Å². The van der Waals surface area contributed by atoms with E-state index < -0.39 is 0 Å². The molecule has 1 aromatic rings. The third-order valence-electron chi connectivity index (χ3n) is 3.74. The number of rotatable bonds is 3. The van der Waals surface area contributed by atoms with Gasteiger partial charge >= 0.3 is 0 Å². The Morgan fingerprint density at radius 1 is 1.45 bits per heavy atom. The average molecular weight is 362 g/mol. The zero-order chi connectivity index (χ0) is 13.8. The van der Waals surface area contributed by atoms with E-state index in [1.807, 2.05) is 30.0 Å². The van der Waals surface area contributed by atoms with Gasteiger partial charge in [-0.15, -0.1) is 12.4 Å². The van der Waals surface area contributed by atoms with Crippen LogP contribution in [0.3, 0.4) is 0 Å². The van der Waals surface area contributed by atoms with Crippen LogP contribution in [-0.2, 0) is 0 Å². The zero-order valence-electron chi connectivity index (χ0n) is 11.8. The quantitative estimate of drug-likeness (QED) is 0.895. The maximum absolute atomic E-state index is 12.7. The largest absolute Gasteiger partial charge is 0.336 e. The van der Waals surface area contributed by atoms with Gasteiger partial charge in [-0.1, -0.05) is 6.07 Å². The fourth-order valence-corrected chi connectivity index (χ4v) is 3.37. The number of halogens is 2. The molecule has 1 saturated heterocycles. The number of likely N-dealkylation sites (tertiary alicyclic amines) is 1. The molecule has 1 aliphatic rings. The second kappa shape index (κ2) is 8.01. The molecule has 112 valence electrons. The Labute approximate surface area is 135 Å². The predicted octanol–water partition coefficient (Wildman–Crippen LogP) is 3.52. The molecule has 0 bridgehead atoms. The molecule has 2 rings (SSSR count). The molecule has 1 unspecified atom stereocenters. The van der Waals surface area contributed by atoms with Gasteiger partial charge in [0.25, 0.3) is 5.91 Å². The maximum Gasteiger partial charge on any atom is 0.255 e. The first-order valence-electron chi connectivity index (χ1n) is 6.90. The lowest BCUT2D eigenvalue weighted by molar-refractivity contribution is 0.0604. The maximum atomic E-state index is 12.7. The van der Waals surface area contributed by atoms with Crippen LogP contribution in [0.2, 0.25) is 0 Å². The van der Waals surface area contributed by atoms with Crippen molar-refractivity contribution in [3.05, 3.63) is 33.8 Å². The van der Waals surface area contributed by atoms with Gasteiger partial charge in [-0.25, -0.2) is 0 Å². The van der Waals surface area contributed by atoms with Crippen LogP contribution in [0, 0.1) is 6.92 Å². The Kier molecular flexibility index (Phi) is 7.00. The molecule has 0 spiro atoms. The van der Waals surface area contributed by atoms with Gasteiger partial charge in [-0.3, -0.25) is 4.79 Å².